The van der Waals surface area contributed by atoms with Gasteiger partial charge in [-0.3, -0.25) is 20.2 Å². The van der Waals surface area contributed by atoms with Crippen LogP contribution in [0.4, 0.5) is 11.4 Å². The van der Waals surface area contributed by atoms with E-state index in [0.717, 1.165) is 25.3 Å². The van der Waals surface area contributed by atoms with Gasteiger partial charge in [0.1, 0.15) is 0 Å². The molecule has 0 spiro atoms. The van der Waals surface area contributed by atoms with Crippen LogP contribution in [0.2, 0.25) is 0 Å². The molecule has 0 radical (unpaired) electrons. The van der Waals surface area contributed by atoms with Gasteiger partial charge in [0.2, 0.25) is 5.16 Å². The predicted octanol–water partition coefficient (Wildman–Crippen LogP) is 3.36. The molecule has 0 fully saturated rings. The Morgan fingerprint density at radius 3 is 2.36 bits per heavy atom. The lowest BCUT2D eigenvalue weighted by atomic mass is 10.2. The van der Waals surface area contributed by atoms with E-state index in [1.165, 1.54) is 35.1 Å². The molecule has 2 rings (SSSR count). The first kappa shape index (κ1) is 18.8. The third kappa shape index (κ3) is 5.78. The number of thioether (sulfide) groups is 1. The van der Waals surface area contributed by atoms with E-state index in [-0.39, 0.29) is 17.1 Å². The van der Waals surface area contributed by atoms with Crippen LogP contribution in [0.3, 0.4) is 0 Å². The summed E-state index contributed by atoms with van der Waals surface area (Å²) in [6, 6.07) is 3.57. The second-order valence-electron chi connectivity index (χ2n) is 5.39. The fourth-order valence-electron chi connectivity index (χ4n) is 2.16. The van der Waals surface area contributed by atoms with Crippen LogP contribution >= 0.6 is 11.8 Å². The van der Waals surface area contributed by atoms with Crippen molar-refractivity contribution in [2.45, 2.75) is 50.1 Å². The van der Waals surface area contributed by atoms with Crippen molar-refractivity contribution in [3.63, 3.8) is 0 Å². The minimum absolute atomic E-state index is 0.282. The molecule has 0 aliphatic carbocycles. The lowest BCUT2D eigenvalue weighted by molar-refractivity contribution is -0.394. The summed E-state index contributed by atoms with van der Waals surface area (Å²) in [6.45, 7) is 2.83. The Morgan fingerprint density at radius 1 is 1.08 bits per heavy atom. The second kappa shape index (κ2) is 9.06. The number of rotatable bonds is 10. The molecule has 1 heterocycles. The predicted molar refractivity (Wildman–Crippen MR) is 91.3 cm³/mol. The topological polar surface area (TPSA) is 130 Å². The van der Waals surface area contributed by atoms with Gasteiger partial charge < -0.3 is 0 Å². The lowest BCUT2D eigenvalue weighted by Gasteiger charge is -2.00. The summed E-state index contributed by atoms with van der Waals surface area (Å²) in [5.41, 5.74) is -0.153. The summed E-state index contributed by atoms with van der Waals surface area (Å²) in [6.07, 6.45) is 4.41. The molecule has 0 bridgehead atoms. The Hall–Kier alpha value is -2.56. The molecule has 0 saturated heterocycles. The smallest absolute Gasteiger partial charge is 0.258 e. The molecular formula is C14H18N6O4S. The molecule has 0 aliphatic heterocycles. The highest BCUT2D eigenvalue weighted by molar-refractivity contribution is 7.98. The summed E-state index contributed by atoms with van der Waals surface area (Å²) in [7, 11) is 0. The first-order valence-electron chi connectivity index (χ1n) is 7.83. The molecular weight excluding hydrogens is 348 g/mol. The van der Waals surface area contributed by atoms with Crippen molar-refractivity contribution in [1.82, 2.24) is 20.2 Å². The summed E-state index contributed by atoms with van der Waals surface area (Å²) in [5, 5.41) is 34.3. The quantitative estimate of drug-likeness (QED) is 0.271. The SMILES string of the molecule is CCCCCCn1nnc(SCc2cc([N+](=O)[O-])cc([N+](=O)[O-])c2)n1. The number of nitrogens with zero attached hydrogens (tertiary/aromatic N) is 6. The van der Waals surface area contributed by atoms with E-state index in [9.17, 15) is 20.2 Å². The van der Waals surface area contributed by atoms with Gasteiger partial charge in [-0.25, -0.2) is 0 Å². The van der Waals surface area contributed by atoms with Gasteiger partial charge in [-0.2, -0.15) is 4.80 Å². The van der Waals surface area contributed by atoms with Crippen LogP contribution in [0.15, 0.2) is 23.4 Å². The van der Waals surface area contributed by atoms with Crippen molar-refractivity contribution >= 4 is 23.1 Å². The number of aryl methyl sites for hydroxylation is 1. The van der Waals surface area contributed by atoms with Crippen molar-refractivity contribution in [2.24, 2.45) is 0 Å². The van der Waals surface area contributed by atoms with E-state index in [1.807, 2.05) is 0 Å². The molecule has 0 unspecified atom stereocenters. The first-order valence-corrected chi connectivity index (χ1v) is 8.81. The number of hydrogen-bond donors (Lipinski definition) is 0. The van der Waals surface area contributed by atoms with Crippen LogP contribution in [0.25, 0.3) is 0 Å². The molecule has 2 aromatic rings. The largest absolute Gasteiger partial charge is 0.276 e. The normalized spacial score (nSPS) is 10.8. The molecule has 0 amide bonds. The summed E-state index contributed by atoms with van der Waals surface area (Å²) < 4.78 is 0. The van der Waals surface area contributed by atoms with Gasteiger partial charge >= 0.3 is 0 Å². The van der Waals surface area contributed by atoms with Crippen molar-refractivity contribution in [3.05, 3.63) is 44.0 Å². The van der Waals surface area contributed by atoms with E-state index in [4.69, 9.17) is 0 Å². The maximum absolute atomic E-state index is 10.9. The van der Waals surface area contributed by atoms with Crippen LogP contribution in [0, 0.1) is 20.2 Å². The first-order chi connectivity index (χ1) is 12.0. The third-order valence-corrected chi connectivity index (χ3v) is 4.30. The van der Waals surface area contributed by atoms with Crippen LogP contribution in [0.1, 0.15) is 38.2 Å². The highest BCUT2D eigenvalue weighted by atomic mass is 32.2. The third-order valence-electron chi connectivity index (χ3n) is 3.40. The zero-order valence-corrected chi connectivity index (χ0v) is 14.5. The Bertz CT molecular complexity index is 718. The monoisotopic (exact) mass is 366 g/mol. The van der Waals surface area contributed by atoms with Gasteiger partial charge in [-0.15, -0.1) is 10.2 Å². The van der Waals surface area contributed by atoms with Gasteiger partial charge in [0, 0.05) is 17.9 Å². The van der Waals surface area contributed by atoms with E-state index in [1.54, 1.807) is 0 Å². The number of hydrogen-bond acceptors (Lipinski definition) is 8. The van der Waals surface area contributed by atoms with Crippen LogP contribution in [-0.4, -0.2) is 30.1 Å². The fraction of sp³-hybridized carbons (Fsp3) is 0.500. The maximum Gasteiger partial charge on any atom is 0.276 e. The number of aromatic nitrogens is 4. The number of non-ortho nitro benzene ring substituents is 2. The molecule has 134 valence electrons. The minimum atomic E-state index is -0.647. The van der Waals surface area contributed by atoms with E-state index >= 15 is 0 Å². The number of unbranched alkanes of at least 4 members (excludes halogenated alkanes) is 3. The van der Waals surface area contributed by atoms with Crippen LogP contribution < -0.4 is 0 Å². The standard InChI is InChI=1S/C14H18N6O4S/c1-2-3-4-5-6-18-16-14(15-17-18)25-10-11-7-12(19(21)22)9-13(8-11)20(23)24/h7-9H,2-6,10H2,1H3. The van der Waals surface area contributed by atoms with Gasteiger partial charge in [0.15, 0.2) is 0 Å². The van der Waals surface area contributed by atoms with Gasteiger partial charge in [0.25, 0.3) is 11.4 Å². The van der Waals surface area contributed by atoms with Gasteiger partial charge in [-0.1, -0.05) is 37.9 Å². The highest BCUT2D eigenvalue weighted by Gasteiger charge is 2.17. The average Bonchev–Trinajstić information content (AvgIpc) is 3.04. The molecule has 0 atom stereocenters. The molecule has 10 nitrogen and oxygen atoms in total. The highest BCUT2D eigenvalue weighted by Crippen LogP contribution is 2.26. The number of tetrazole rings is 1. The van der Waals surface area contributed by atoms with Gasteiger partial charge in [0.05, 0.1) is 22.5 Å². The molecule has 0 N–H and O–H groups in total. The molecule has 25 heavy (non-hydrogen) atoms. The average molecular weight is 366 g/mol. The van der Waals surface area contributed by atoms with E-state index < -0.39 is 9.85 Å². The summed E-state index contributed by atoms with van der Waals surface area (Å²) in [4.78, 5) is 22.0. The van der Waals surface area contributed by atoms with Crippen LogP contribution in [-0.2, 0) is 12.3 Å². The Labute approximate surface area is 147 Å². The van der Waals surface area contributed by atoms with Crippen molar-refractivity contribution in [1.29, 1.82) is 0 Å². The molecule has 0 aliphatic rings. The molecule has 11 heteroatoms. The van der Waals surface area contributed by atoms with Crippen molar-refractivity contribution in [2.75, 3.05) is 0 Å². The summed E-state index contributed by atoms with van der Waals surface area (Å²) in [5.74, 6) is 0.282. The van der Waals surface area contributed by atoms with Crippen molar-refractivity contribution < 1.29 is 9.85 Å². The molecule has 1 aromatic heterocycles. The molecule has 0 saturated carbocycles. The summed E-state index contributed by atoms with van der Waals surface area (Å²) >= 11 is 1.23. The Morgan fingerprint density at radius 2 is 1.76 bits per heavy atom. The maximum atomic E-state index is 10.9. The number of nitro groups is 2. The number of benzene rings is 1. The Balaban J connectivity index is 1.98. The zero-order chi connectivity index (χ0) is 18.2. The zero-order valence-electron chi connectivity index (χ0n) is 13.7. The number of nitro benzene ring substituents is 2. The minimum Gasteiger partial charge on any atom is -0.258 e. The van der Waals surface area contributed by atoms with Crippen molar-refractivity contribution in [3.8, 4) is 0 Å². The Kier molecular flexibility index (Phi) is 6.81. The van der Waals surface area contributed by atoms with Crippen LogP contribution in [0.5, 0.6) is 0 Å². The van der Waals surface area contributed by atoms with E-state index in [0.29, 0.717) is 17.3 Å². The molecule has 1 aromatic carbocycles. The fourth-order valence-corrected chi connectivity index (χ4v) is 2.87. The lowest BCUT2D eigenvalue weighted by Crippen LogP contribution is -2.02. The van der Waals surface area contributed by atoms with Gasteiger partial charge in [-0.05, 0) is 17.2 Å². The second-order valence-corrected chi connectivity index (χ2v) is 6.33. The van der Waals surface area contributed by atoms with E-state index in [2.05, 4.69) is 22.3 Å².